The molecule has 0 fully saturated rings. The third-order valence-corrected chi connectivity index (χ3v) is 3.62. The molecule has 2 aromatic carbocycles. The van der Waals surface area contributed by atoms with Gasteiger partial charge in [-0.3, -0.25) is 4.79 Å². The van der Waals surface area contributed by atoms with Gasteiger partial charge >= 0.3 is 0 Å². The van der Waals surface area contributed by atoms with Crippen molar-refractivity contribution >= 4 is 21.8 Å². The molecule has 0 aliphatic carbocycles. The zero-order chi connectivity index (χ0) is 14.4. The van der Waals surface area contributed by atoms with E-state index in [4.69, 9.17) is 5.73 Å². The molecular formula is C16H17BrN2O. The van der Waals surface area contributed by atoms with Crippen LogP contribution in [0.3, 0.4) is 0 Å². The second-order valence-electron chi connectivity index (χ2n) is 4.55. The minimum absolute atomic E-state index is 0.0131. The summed E-state index contributed by atoms with van der Waals surface area (Å²) in [5, 5.41) is 2.93. The molecule has 0 unspecified atom stereocenters. The van der Waals surface area contributed by atoms with E-state index in [1.165, 1.54) is 0 Å². The Morgan fingerprint density at radius 2 is 1.70 bits per heavy atom. The van der Waals surface area contributed by atoms with Gasteiger partial charge in [0.2, 0.25) is 5.91 Å². The Morgan fingerprint density at radius 1 is 1.05 bits per heavy atom. The van der Waals surface area contributed by atoms with Gasteiger partial charge in [-0.05, 0) is 28.8 Å². The van der Waals surface area contributed by atoms with E-state index in [-0.39, 0.29) is 5.91 Å². The quantitative estimate of drug-likeness (QED) is 0.884. The van der Waals surface area contributed by atoms with Crippen LogP contribution in [0.1, 0.15) is 16.7 Å². The van der Waals surface area contributed by atoms with Crippen LogP contribution in [0.2, 0.25) is 0 Å². The summed E-state index contributed by atoms with van der Waals surface area (Å²) in [5.74, 6) is 0.0131. The molecule has 2 rings (SSSR count). The third kappa shape index (κ3) is 4.18. The maximum Gasteiger partial charge on any atom is 0.224 e. The van der Waals surface area contributed by atoms with E-state index >= 15 is 0 Å². The number of benzene rings is 2. The molecule has 3 N–H and O–H groups in total. The van der Waals surface area contributed by atoms with Crippen molar-refractivity contribution < 1.29 is 4.79 Å². The molecule has 0 aliphatic rings. The predicted molar refractivity (Wildman–Crippen MR) is 84.0 cm³/mol. The Bertz CT molecular complexity index is 581. The van der Waals surface area contributed by atoms with Gasteiger partial charge < -0.3 is 11.1 Å². The number of hydrogen-bond acceptors (Lipinski definition) is 2. The average Bonchev–Trinajstić information content (AvgIpc) is 2.48. The molecule has 0 heterocycles. The van der Waals surface area contributed by atoms with Gasteiger partial charge in [0, 0.05) is 17.6 Å². The van der Waals surface area contributed by atoms with Gasteiger partial charge in [-0.1, -0.05) is 52.3 Å². The van der Waals surface area contributed by atoms with Crippen molar-refractivity contribution in [1.82, 2.24) is 5.32 Å². The fourth-order valence-corrected chi connectivity index (χ4v) is 2.24. The fraction of sp³-hybridized carbons (Fsp3) is 0.188. The first-order valence-corrected chi connectivity index (χ1v) is 7.26. The molecule has 0 atom stereocenters. The van der Waals surface area contributed by atoms with Crippen molar-refractivity contribution in [1.29, 1.82) is 0 Å². The monoisotopic (exact) mass is 332 g/mol. The second-order valence-corrected chi connectivity index (χ2v) is 5.47. The third-order valence-electron chi connectivity index (χ3n) is 3.09. The van der Waals surface area contributed by atoms with Crippen LogP contribution >= 0.6 is 15.9 Å². The van der Waals surface area contributed by atoms with Gasteiger partial charge in [0.15, 0.2) is 0 Å². The zero-order valence-electron chi connectivity index (χ0n) is 11.1. The molecule has 0 saturated heterocycles. The van der Waals surface area contributed by atoms with Crippen LogP contribution in [-0.4, -0.2) is 5.91 Å². The highest BCUT2D eigenvalue weighted by atomic mass is 79.9. The average molecular weight is 333 g/mol. The molecular weight excluding hydrogens is 316 g/mol. The van der Waals surface area contributed by atoms with Crippen LogP contribution in [0.15, 0.2) is 53.0 Å². The number of carbonyl (C=O) groups excluding carboxylic acids is 1. The number of hydrogen-bond donors (Lipinski definition) is 2. The maximum atomic E-state index is 11.9. The summed E-state index contributed by atoms with van der Waals surface area (Å²) in [6, 6.07) is 15.6. The lowest BCUT2D eigenvalue weighted by atomic mass is 10.1. The fourth-order valence-electron chi connectivity index (χ4n) is 1.97. The Morgan fingerprint density at radius 3 is 2.35 bits per heavy atom. The number of carbonyl (C=O) groups is 1. The summed E-state index contributed by atoms with van der Waals surface area (Å²) in [5.41, 5.74) is 8.81. The number of amides is 1. The molecule has 0 aliphatic heterocycles. The molecule has 1 amide bonds. The van der Waals surface area contributed by atoms with Gasteiger partial charge in [-0.2, -0.15) is 0 Å². The Kier molecular flexibility index (Phi) is 5.32. The van der Waals surface area contributed by atoms with Gasteiger partial charge in [-0.15, -0.1) is 0 Å². The van der Waals surface area contributed by atoms with Gasteiger partial charge in [-0.25, -0.2) is 0 Å². The van der Waals surface area contributed by atoms with Gasteiger partial charge in [0.1, 0.15) is 0 Å². The van der Waals surface area contributed by atoms with Crippen molar-refractivity contribution in [3.05, 3.63) is 69.7 Å². The predicted octanol–water partition coefficient (Wildman–Crippen LogP) is 2.77. The SMILES string of the molecule is NCc1ccccc1CNC(=O)Cc1ccc(Br)cc1. The molecule has 104 valence electrons. The summed E-state index contributed by atoms with van der Waals surface area (Å²) >= 11 is 3.38. The van der Waals surface area contributed by atoms with Crippen molar-refractivity contribution in [2.45, 2.75) is 19.5 Å². The van der Waals surface area contributed by atoms with Crippen molar-refractivity contribution in [2.24, 2.45) is 5.73 Å². The maximum absolute atomic E-state index is 11.9. The first-order chi connectivity index (χ1) is 9.69. The number of nitrogens with two attached hydrogens (primary N) is 1. The summed E-state index contributed by atoms with van der Waals surface area (Å²) in [6.07, 6.45) is 0.387. The van der Waals surface area contributed by atoms with Crippen LogP contribution in [0.5, 0.6) is 0 Å². The first kappa shape index (κ1) is 14.8. The van der Waals surface area contributed by atoms with Crippen LogP contribution < -0.4 is 11.1 Å². The van der Waals surface area contributed by atoms with E-state index in [2.05, 4.69) is 21.2 Å². The Balaban J connectivity index is 1.90. The Hall–Kier alpha value is -1.65. The smallest absolute Gasteiger partial charge is 0.224 e. The van der Waals surface area contributed by atoms with E-state index in [9.17, 15) is 4.79 Å². The van der Waals surface area contributed by atoms with Crippen LogP contribution in [0.4, 0.5) is 0 Å². The van der Waals surface area contributed by atoms with E-state index in [0.717, 1.165) is 21.2 Å². The molecule has 4 heteroatoms. The summed E-state index contributed by atoms with van der Waals surface area (Å²) in [7, 11) is 0. The summed E-state index contributed by atoms with van der Waals surface area (Å²) in [6.45, 7) is 1.00. The minimum Gasteiger partial charge on any atom is -0.352 e. The normalized spacial score (nSPS) is 10.3. The minimum atomic E-state index is 0.0131. The van der Waals surface area contributed by atoms with E-state index in [1.807, 2.05) is 48.5 Å². The molecule has 20 heavy (non-hydrogen) atoms. The first-order valence-electron chi connectivity index (χ1n) is 6.47. The van der Waals surface area contributed by atoms with Crippen molar-refractivity contribution in [3.63, 3.8) is 0 Å². The van der Waals surface area contributed by atoms with Gasteiger partial charge in [0.25, 0.3) is 0 Å². The highest BCUT2D eigenvalue weighted by Crippen LogP contribution is 2.11. The molecule has 0 spiro atoms. The Labute approximate surface area is 127 Å². The highest BCUT2D eigenvalue weighted by molar-refractivity contribution is 9.10. The topological polar surface area (TPSA) is 55.1 Å². The van der Waals surface area contributed by atoms with E-state index in [1.54, 1.807) is 0 Å². The molecule has 0 saturated carbocycles. The summed E-state index contributed by atoms with van der Waals surface area (Å²) < 4.78 is 1.01. The van der Waals surface area contributed by atoms with Crippen molar-refractivity contribution in [3.8, 4) is 0 Å². The molecule has 0 aromatic heterocycles. The van der Waals surface area contributed by atoms with Crippen LogP contribution in [-0.2, 0) is 24.3 Å². The van der Waals surface area contributed by atoms with E-state index in [0.29, 0.717) is 19.5 Å². The van der Waals surface area contributed by atoms with E-state index < -0.39 is 0 Å². The lowest BCUT2D eigenvalue weighted by Gasteiger charge is -2.09. The number of rotatable bonds is 5. The van der Waals surface area contributed by atoms with Crippen LogP contribution in [0, 0.1) is 0 Å². The number of nitrogens with one attached hydrogen (secondary N) is 1. The molecule has 2 aromatic rings. The standard InChI is InChI=1S/C16H17BrN2O/c17-15-7-5-12(6-8-15)9-16(20)19-11-14-4-2-1-3-13(14)10-18/h1-8H,9-11,18H2,(H,19,20). The van der Waals surface area contributed by atoms with Crippen LogP contribution in [0.25, 0.3) is 0 Å². The zero-order valence-corrected chi connectivity index (χ0v) is 12.7. The second kappa shape index (κ2) is 7.22. The molecule has 0 bridgehead atoms. The summed E-state index contributed by atoms with van der Waals surface area (Å²) in [4.78, 5) is 11.9. The highest BCUT2D eigenvalue weighted by Gasteiger charge is 2.05. The van der Waals surface area contributed by atoms with Crippen molar-refractivity contribution in [2.75, 3.05) is 0 Å². The molecule has 0 radical (unpaired) electrons. The lowest BCUT2D eigenvalue weighted by Crippen LogP contribution is -2.25. The number of halogens is 1. The lowest BCUT2D eigenvalue weighted by molar-refractivity contribution is -0.120. The van der Waals surface area contributed by atoms with Gasteiger partial charge in [0.05, 0.1) is 6.42 Å². The largest absolute Gasteiger partial charge is 0.352 e. The molecule has 3 nitrogen and oxygen atoms in total.